The normalized spacial score (nSPS) is 16.2. The van der Waals surface area contributed by atoms with Crippen LogP contribution in [0.25, 0.3) is 0 Å². The van der Waals surface area contributed by atoms with Crippen LogP contribution < -0.4 is 11.1 Å². The summed E-state index contributed by atoms with van der Waals surface area (Å²) in [6, 6.07) is 8.28. The molecular formula is C20H28N4OS. The van der Waals surface area contributed by atoms with Gasteiger partial charge in [-0.05, 0) is 53.9 Å². The summed E-state index contributed by atoms with van der Waals surface area (Å²) in [5.41, 5.74) is 8.94. The Labute approximate surface area is 159 Å². The largest absolute Gasteiger partial charge is 0.492 e. The van der Waals surface area contributed by atoms with Crippen molar-refractivity contribution in [1.29, 1.82) is 0 Å². The molecular weight excluding hydrogens is 344 g/mol. The van der Waals surface area contributed by atoms with Gasteiger partial charge >= 0.3 is 0 Å². The average Bonchev–Trinajstić information content (AvgIpc) is 3.01. The van der Waals surface area contributed by atoms with Crippen LogP contribution in [0, 0.1) is 5.92 Å². The summed E-state index contributed by atoms with van der Waals surface area (Å²) in [6.07, 6.45) is 6.33. The Hall–Kier alpha value is -2.08. The van der Waals surface area contributed by atoms with Crippen LogP contribution in [-0.2, 0) is 0 Å². The monoisotopic (exact) mass is 372 g/mol. The number of aromatic nitrogens is 1. The number of rotatable bonds is 6. The second-order valence-electron chi connectivity index (χ2n) is 7.34. The van der Waals surface area contributed by atoms with Crippen LogP contribution in [0.2, 0.25) is 0 Å². The van der Waals surface area contributed by atoms with Gasteiger partial charge in [-0.3, -0.25) is 4.99 Å². The molecule has 2 aromatic rings. The van der Waals surface area contributed by atoms with E-state index < -0.39 is 0 Å². The quantitative estimate of drug-likeness (QED) is 0.492. The Kier molecular flexibility index (Phi) is 6.14. The number of hydrogen-bond donors (Lipinski definition) is 3. The molecule has 0 bridgehead atoms. The number of aromatic hydroxyl groups is 1. The number of nitrogens with zero attached hydrogens (tertiary/aromatic N) is 2. The molecule has 0 radical (unpaired) electrons. The Morgan fingerprint density at radius 1 is 1.27 bits per heavy atom. The molecule has 0 atom stereocenters. The van der Waals surface area contributed by atoms with Gasteiger partial charge in [0.1, 0.15) is 16.4 Å². The molecule has 0 spiro atoms. The summed E-state index contributed by atoms with van der Waals surface area (Å²) >= 11 is 1.20. The van der Waals surface area contributed by atoms with E-state index in [9.17, 15) is 5.11 Å². The number of hydrogen-bond acceptors (Lipinski definition) is 5. The van der Waals surface area contributed by atoms with Crippen molar-refractivity contribution in [3.8, 4) is 5.88 Å². The van der Waals surface area contributed by atoms with E-state index in [0.29, 0.717) is 23.2 Å². The van der Waals surface area contributed by atoms with Gasteiger partial charge in [-0.25, -0.2) is 0 Å². The van der Waals surface area contributed by atoms with Crippen LogP contribution >= 0.6 is 11.5 Å². The molecule has 0 aliphatic heterocycles. The minimum atomic E-state index is -0.0544. The molecule has 1 saturated carbocycles. The van der Waals surface area contributed by atoms with E-state index in [4.69, 9.17) is 5.73 Å². The van der Waals surface area contributed by atoms with Crippen LogP contribution in [0.3, 0.4) is 0 Å². The van der Waals surface area contributed by atoms with Gasteiger partial charge in [-0.2, -0.15) is 4.37 Å². The number of benzene rings is 1. The van der Waals surface area contributed by atoms with Crippen molar-refractivity contribution in [3.63, 3.8) is 0 Å². The van der Waals surface area contributed by atoms with Gasteiger partial charge in [0.2, 0.25) is 5.88 Å². The highest BCUT2D eigenvalue weighted by atomic mass is 32.1. The van der Waals surface area contributed by atoms with E-state index >= 15 is 0 Å². The third-order valence-electron chi connectivity index (χ3n) is 5.01. The van der Waals surface area contributed by atoms with E-state index in [1.807, 2.05) is 12.1 Å². The topological polar surface area (TPSA) is 83.5 Å². The molecule has 6 heteroatoms. The Morgan fingerprint density at radius 2 is 1.96 bits per heavy atom. The molecule has 0 saturated heterocycles. The molecule has 5 nitrogen and oxygen atoms in total. The molecule has 1 fully saturated rings. The smallest absolute Gasteiger partial charge is 0.236 e. The molecule has 3 rings (SSSR count). The van der Waals surface area contributed by atoms with Gasteiger partial charge in [0.25, 0.3) is 0 Å². The van der Waals surface area contributed by atoms with Crippen LogP contribution in [0.4, 0.5) is 10.7 Å². The highest BCUT2D eigenvalue weighted by Gasteiger charge is 2.18. The van der Waals surface area contributed by atoms with Crippen molar-refractivity contribution >= 4 is 28.1 Å². The molecule has 26 heavy (non-hydrogen) atoms. The first-order valence-corrected chi connectivity index (χ1v) is 10.2. The van der Waals surface area contributed by atoms with E-state index in [0.717, 1.165) is 17.2 Å². The minimum absolute atomic E-state index is 0.0544. The predicted molar refractivity (Wildman–Crippen MR) is 110 cm³/mol. The van der Waals surface area contributed by atoms with Gasteiger partial charge in [0, 0.05) is 12.2 Å². The highest BCUT2D eigenvalue weighted by Crippen LogP contribution is 2.32. The van der Waals surface area contributed by atoms with Crippen LogP contribution in [0.5, 0.6) is 5.88 Å². The third kappa shape index (κ3) is 4.55. The molecule has 4 N–H and O–H groups in total. The lowest BCUT2D eigenvalue weighted by molar-refractivity contribution is 0.367. The van der Waals surface area contributed by atoms with E-state index in [1.165, 1.54) is 49.2 Å². The second-order valence-corrected chi connectivity index (χ2v) is 8.12. The lowest BCUT2D eigenvalue weighted by Crippen LogP contribution is -2.18. The molecule has 0 amide bonds. The summed E-state index contributed by atoms with van der Waals surface area (Å²) in [4.78, 5) is 4.55. The van der Waals surface area contributed by atoms with Crippen molar-refractivity contribution < 1.29 is 5.11 Å². The van der Waals surface area contributed by atoms with Gasteiger partial charge in [0.15, 0.2) is 0 Å². The molecule has 1 aromatic carbocycles. The molecule has 1 aliphatic carbocycles. The van der Waals surface area contributed by atoms with Crippen LogP contribution in [0.1, 0.15) is 63.0 Å². The van der Waals surface area contributed by atoms with E-state index in [-0.39, 0.29) is 5.88 Å². The van der Waals surface area contributed by atoms with Crippen molar-refractivity contribution in [3.05, 3.63) is 35.4 Å². The first kappa shape index (κ1) is 18.7. The first-order valence-electron chi connectivity index (χ1n) is 9.40. The fraction of sp³-hybridized carbons (Fsp3) is 0.500. The fourth-order valence-electron chi connectivity index (χ4n) is 3.36. The molecule has 1 aliphatic rings. The maximum absolute atomic E-state index is 10.1. The maximum Gasteiger partial charge on any atom is 0.236 e. The fourth-order valence-corrected chi connectivity index (χ4v) is 4.08. The summed E-state index contributed by atoms with van der Waals surface area (Å²) in [6.45, 7) is 5.07. The lowest BCUT2D eigenvalue weighted by atomic mass is 9.89. The number of aliphatic imine (C=N–C) groups is 1. The van der Waals surface area contributed by atoms with Crippen LogP contribution in [0.15, 0.2) is 29.3 Å². The Balaban J connectivity index is 1.73. The third-order valence-corrected chi connectivity index (χ3v) is 5.76. The Morgan fingerprint density at radius 3 is 2.62 bits per heavy atom. The molecule has 0 unspecified atom stereocenters. The highest BCUT2D eigenvalue weighted by molar-refractivity contribution is 7.11. The van der Waals surface area contributed by atoms with Gasteiger partial charge in [0.05, 0.1) is 0 Å². The predicted octanol–water partition coefficient (Wildman–Crippen LogP) is 5.00. The van der Waals surface area contributed by atoms with Crippen molar-refractivity contribution in [2.24, 2.45) is 16.6 Å². The SMILES string of the molecule is CC(C)c1ccc(Nc2snc(O)c2C(N)=NCC2CCCCC2)cc1. The lowest BCUT2D eigenvalue weighted by Gasteiger charge is -2.19. The summed E-state index contributed by atoms with van der Waals surface area (Å²) in [7, 11) is 0. The minimum Gasteiger partial charge on any atom is -0.492 e. The number of nitrogens with one attached hydrogen (secondary N) is 1. The van der Waals surface area contributed by atoms with E-state index in [2.05, 4.69) is 40.7 Å². The summed E-state index contributed by atoms with van der Waals surface area (Å²) in [5, 5.41) is 14.2. The zero-order valence-corrected chi connectivity index (χ0v) is 16.4. The zero-order chi connectivity index (χ0) is 18.5. The zero-order valence-electron chi connectivity index (χ0n) is 15.5. The van der Waals surface area contributed by atoms with Gasteiger partial charge in [-0.1, -0.05) is 45.2 Å². The number of anilines is 2. The second kappa shape index (κ2) is 8.54. The standard InChI is InChI=1S/C20H28N4OS/c1-13(2)15-8-10-16(11-9-15)23-20-17(19(25)24-26-20)18(21)22-12-14-6-4-3-5-7-14/h8-11,13-14,23H,3-7,12H2,1-2H3,(H2,21,22)(H,24,25). The summed E-state index contributed by atoms with van der Waals surface area (Å²) in [5.74, 6) is 1.41. The molecule has 1 heterocycles. The number of amidine groups is 1. The van der Waals surface area contributed by atoms with E-state index in [1.54, 1.807) is 0 Å². The maximum atomic E-state index is 10.1. The Bertz CT molecular complexity index is 746. The van der Waals surface area contributed by atoms with Gasteiger partial charge < -0.3 is 16.2 Å². The average molecular weight is 373 g/mol. The van der Waals surface area contributed by atoms with Crippen LogP contribution in [-0.4, -0.2) is 21.9 Å². The summed E-state index contributed by atoms with van der Waals surface area (Å²) < 4.78 is 4.05. The van der Waals surface area contributed by atoms with Crippen molar-refractivity contribution in [2.45, 2.75) is 51.9 Å². The first-order chi connectivity index (χ1) is 12.5. The molecule has 140 valence electrons. The van der Waals surface area contributed by atoms with Crippen molar-refractivity contribution in [1.82, 2.24) is 4.37 Å². The van der Waals surface area contributed by atoms with Crippen molar-refractivity contribution in [2.75, 3.05) is 11.9 Å². The molecule has 1 aromatic heterocycles. The van der Waals surface area contributed by atoms with Gasteiger partial charge in [-0.15, -0.1) is 0 Å². The number of nitrogens with two attached hydrogens (primary N) is 1.